The number of amides is 1. The average molecular weight is 379 g/mol. The first kappa shape index (κ1) is 14.1. The summed E-state index contributed by atoms with van der Waals surface area (Å²) in [7, 11) is 0. The lowest BCUT2D eigenvalue weighted by Crippen LogP contribution is -2.37. The summed E-state index contributed by atoms with van der Waals surface area (Å²) in [5.74, 6) is 0.304. The van der Waals surface area contributed by atoms with Gasteiger partial charge in [0.05, 0.1) is 0 Å². The van der Waals surface area contributed by atoms with Crippen LogP contribution in [0.5, 0.6) is 0 Å². The largest absolute Gasteiger partial charge is 0.352 e. The van der Waals surface area contributed by atoms with Crippen LogP contribution in [0.25, 0.3) is 0 Å². The van der Waals surface area contributed by atoms with Gasteiger partial charge in [-0.3, -0.25) is 4.79 Å². The second-order valence-corrected chi connectivity index (χ2v) is 6.27. The van der Waals surface area contributed by atoms with E-state index < -0.39 is 0 Å². The van der Waals surface area contributed by atoms with Crippen molar-refractivity contribution in [2.75, 3.05) is 13.1 Å². The van der Waals surface area contributed by atoms with Crippen molar-refractivity contribution in [3.05, 3.63) is 34.9 Å². The molecule has 1 aliphatic heterocycles. The Morgan fingerprint density at radius 1 is 1.39 bits per heavy atom. The third kappa shape index (κ3) is 3.83. The molecule has 18 heavy (non-hydrogen) atoms. The highest BCUT2D eigenvalue weighted by Gasteiger charge is 2.23. The molecule has 2 rings (SSSR count). The maximum Gasteiger partial charge on any atom is 0.223 e. The summed E-state index contributed by atoms with van der Waals surface area (Å²) in [5.41, 5.74) is 0.971. The zero-order valence-corrected chi connectivity index (χ0v) is 12.9. The van der Waals surface area contributed by atoms with Crippen LogP contribution in [0.15, 0.2) is 24.3 Å². The Bertz CT molecular complexity index is 419. The molecular weight excluding hydrogens is 363 g/mol. The van der Waals surface area contributed by atoms with Gasteiger partial charge in [-0.1, -0.05) is 29.8 Å². The summed E-state index contributed by atoms with van der Waals surface area (Å²) in [6.45, 7) is 2.50. The van der Waals surface area contributed by atoms with Crippen molar-refractivity contribution >= 4 is 40.4 Å². The van der Waals surface area contributed by atoms with Crippen LogP contribution in [0.2, 0.25) is 5.02 Å². The van der Waals surface area contributed by atoms with Crippen LogP contribution in [-0.4, -0.2) is 22.1 Å². The molecule has 1 aromatic carbocycles. The smallest absolute Gasteiger partial charge is 0.223 e. The van der Waals surface area contributed by atoms with Gasteiger partial charge >= 0.3 is 0 Å². The number of hydrogen-bond donors (Lipinski definition) is 1. The lowest BCUT2D eigenvalue weighted by atomic mass is 9.97. The number of piperidine rings is 1. The second kappa shape index (κ2) is 6.73. The van der Waals surface area contributed by atoms with E-state index in [0.29, 0.717) is 11.6 Å². The Morgan fingerprint density at radius 2 is 2.06 bits per heavy atom. The minimum Gasteiger partial charge on any atom is -0.352 e. The van der Waals surface area contributed by atoms with Crippen LogP contribution in [0, 0.1) is 5.92 Å². The van der Waals surface area contributed by atoms with Gasteiger partial charge in [0.15, 0.2) is 0 Å². The normalized spacial score (nSPS) is 17.7. The summed E-state index contributed by atoms with van der Waals surface area (Å²) in [4.78, 5) is 12.0. The highest BCUT2D eigenvalue weighted by Crippen LogP contribution is 2.20. The SMILES string of the molecule is O=C(NCc1ccccc1Cl)C1CCN(I)CC1. The molecule has 0 aliphatic carbocycles. The van der Waals surface area contributed by atoms with E-state index in [9.17, 15) is 4.79 Å². The molecule has 1 N–H and O–H groups in total. The van der Waals surface area contributed by atoms with Crippen molar-refractivity contribution < 1.29 is 4.79 Å². The molecular formula is C13H16ClIN2O. The summed E-state index contributed by atoms with van der Waals surface area (Å²) in [5, 5.41) is 3.69. The maximum absolute atomic E-state index is 12.0. The van der Waals surface area contributed by atoms with Crippen molar-refractivity contribution in [1.29, 1.82) is 0 Å². The van der Waals surface area contributed by atoms with E-state index in [1.165, 1.54) is 0 Å². The molecule has 98 valence electrons. The van der Waals surface area contributed by atoms with E-state index >= 15 is 0 Å². The monoisotopic (exact) mass is 378 g/mol. The van der Waals surface area contributed by atoms with Crippen molar-refractivity contribution in [3.63, 3.8) is 0 Å². The summed E-state index contributed by atoms with van der Waals surface area (Å²) in [6, 6.07) is 7.61. The zero-order chi connectivity index (χ0) is 13.0. The molecule has 0 aromatic heterocycles. The average Bonchev–Trinajstić information content (AvgIpc) is 2.38. The minimum absolute atomic E-state index is 0.151. The molecule has 0 radical (unpaired) electrons. The first-order valence-electron chi connectivity index (χ1n) is 6.08. The van der Waals surface area contributed by atoms with E-state index in [0.717, 1.165) is 31.5 Å². The van der Waals surface area contributed by atoms with E-state index in [-0.39, 0.29) is 11.8 Å². The highest BCUT2D eigenvalue weighted by atomic mass is 127. The van der Waals surface area contributed by atoms with Crippen LogP contribution in [-0.2, 0) is 11.3 Å². The number of rotatable bonds is 3. The Labute approximate surface area is 126 Å². The minimum atomic E-state index is 0.151. The molecule has 1 saturated heterocycles. The number of carbonyl (C=O) groups excluding carboxylic acids is 1. The van der Waals surface area contributed by atoms with Crippen LogP contribution >= 0.6 is 34.5 Å². The molecule has 1 fully saturated rings. The quantitative estimate of drug-likeness (QED) is 0.648. The Hall–Kier alpha value is -0.330. The third-order valence-electron chi connectivity index (χ3n) is 3.22. The number of halogens is 2. The van der Waals surface area contributed by atoms with E-state index in [1.54, 1.807) is 0 Å². The van der Waals surface area contributed by atoms with Gasteiger partial charge in [0.1, 0.15) is 0 Å². The van der Waals surface area contributed by atoms with Gasteiger partial charge in [-0.25, -0.2) is 3.11 Å². The molecule has 5 heteroatoms. The van der Waals surface area contributed by atoms with Gasteiger partial charge in [0, 0.05) is 53.4 Å². The van der Waals surface area contributed by atoms with Gasteiger partial charge in [0.25, 0.3) is 0 Å². The number of benzene rings is 1. The van der Waals surface area contributed by atoms with E-state index in [4.69, 9.17) is 11.6 Å². The molecule has 0 saturated carbocycles. The fourth-order valence-corrected chi connectivity index (χ4v) is 2.84. The standard InChI is InChI=1S/C13H16ClIN2O/c14-12-4-2-1-3-11(12)9-16-13(18)10-5-7-17(15)8-6-10/h1-4,10H,5-9H2,(H,16,18). The number of carbonyl (C=O) groups is 1. The predicted octanol–water partition coefficient (Wildman–Crippen LogP) is 3.02. The Morgan fingerprint density at radius 3 is 2.72 bits per heavy atom. The Kier molecular flexibility index (Phi) is 5.26. The molecule has 0 spiro atoms. The number of hydrogen-bond acceptors (Lipinski definition) is 2. The fraction of sp³-hybridized carbons (Fsp3) is 0.462. The van der Waals surface area contributed by atoms with E-state index in [2.05, 4.69) is 31.3 Å². The Balaban J connectivity index is 1.83. The van der Waals surface area contributed by atoms with Gasteiger partial charge < -0.3 is 5.32 Å². The van der Waals surface area contributed by atoms with Crippen LogP contribution in [0.3, 0.4) is 0 Å². The first-order chi connectivity index (χ1) is 8.66. The first-order valence-corrected chi connectivity index (χ1v) is 7.43. The topological polar surface area (TPSA) is 32.3 Å². The lowest BCUT2D eigenvalue weighted by Gasteiger charge is -2.26. The van der Waals surface area contributed by atoms with Crippen molar-refractivity contribution in [2.45, 2.75) is 19.4 Å². The van der Waals surface area contributed by atoms with Crippen molar-refractivity contribution in [2.24, 2.45) is 5.92 Å². The van der Waals surface area contributed by atoms with E-state index in [1.807, 2.05) is 24.3 Å². The summed E-state index contributed by atoms with van der Waals surface area (Å²) >= 11 is 8.36. The van der Waals surface area contributed by atoms with Crippen LogP contribution in [0.4, 0.5) is 0 Å². The van der Waals surface area contributed by atoms with Crippen LogP contribution < -0.4 is 5.32 Å². The number of nitrogens with zero attached hydrogens (tertiary/aromatic N) is 1. The van der Waals surface area contributed by atoms with Gasteiger partial charge in [-0.2, -0.15) is 0 Å². The van der Waals surface area contributed by atoms with Crippen molar-refractivity contribution in [1.82, 2.24) is 8.43 Å². The molecule has 0 atom stereocenters. The van der Waals surface area contributed by atoms with Crippen molar-refractivity contribution in [3.8, 4) is 0 Å². The second-order valence-electron chi connectivity index (χ2n) is 4.49. The van der Waals surface area contributed by atoms with Gasteiger partial charge in [-0.15, -0.1) is 0 Å². The summed E-state index contributed by atoms with van der Waals surface area (Å²) < 4.78 is 2.23. The molecule has 0 bridgehead atoms. The maximum atomic E-state index is 12.0. The van der Waals surface area contributed by atoms with Gasteiger partial charge in [0.2, 0.25) is 5.91 Å². The summed E-state index contributed by atoms with van der Waals surface area (Å²) in [6.07, 6.45) is 1.88. The predicted molar refractivity (Wildman–Crippen MR) is 81.6 cm³/mol. The molecule has 1 amide bonds. The molecule has 0 unspecified atom stereocenters. The third-order valence-corrected chi connectivity index (χ3v) is 4.56. The molecule has 1 aromatic rings. The lowest BCUT2D eigenvalue weighted by molar-refractivity contribution is -0.126. The molecule has 1 heterocycles. The van der Waals surface area contributed by atoms with Crippen LogP contribution in [0.1, 0.15) is 18.4 Å². The highest BCUT2D eigenvalue weighted by molar-refractivity contribution is 14.1. The van der Waals surface area contributed by atoms with Gasteiger partial charge in [-0.05, 0) is 24.5 Å². The zero-order valence-electron chi connectivity index (χ0n) is 10.0. The fourth-order valence-electron chi connectivity index (χ4n) is 2.08. The molecule has 3 nitrogen and oxygen atoms in total. The molecule has 1 aliphatic rings. The number of nitrogens with one attached hydrogen (secondary N) is 1.